The summed E-state index contributed by atoms with van der Waals surface area (Å²) in [6.07, 6.45) is 1.12. The Bertz CT molecular complexity index is 630. The molecule has 1 saturated heterocycles. The third-order valence-corrected chi connectivity index (χ3v) is 6.84. The fourth-order valence-electron chi connectivity index (χ4n) is 2.40. The Morgan fingerprint density at radius 3 is 2.90 bits per heavy atom. The number of phenolic OH excluding ortho intramolecular Hbond substituents is 1. The molecule has 112 valence electrons. The van der Waals surface area contributed by atoms with E-state index in [2.05, 4.69) is 17.1 Å². The lowest BCUT2D eigenvalue weighted by Gasteiger charge is -2.27. The second kappa shape index (κ2) is 6.32. The van der Waals surface area contributed by atoms with Crippen molar-refractivity contribution in [1.82, 2.24) is 10.1 Å². The van der Waals surface area contributed by atoms with Crippen molar-refractivity contribution < 1.29 is 9.63 Å². The summed E-state index contributed by atoms with van der Waals surface area (Å²) < 4.78 is 5.43. The van der Waals surface area contributed by atoms with Crippen LogP contribution >= 0.6 is 23.5 Å². The molecule has 0 aliphatic carbocycles. The van der Waals surface area contributed by atoms with E-state index in [0.717, 1.165) is 29.1 Å². The van der Waals surface area contributed by atoms with Crippen molar-refractivity contribution in [3.8, 4) is 17.2 Å². The normalized spacial score (nSPS) is 22.4. The lowest BCUT2D eigenvalue weighted by atomic mass is 10.1. The molecule has 6 heteroatoms. The summed E-state index contributed by atoms with van der Waals surface area (Å²) >= 11 is 3.92. The van der Waals surface area contributed by atoms with Gasteiger partial charge in [-0.1, -0.05) is 12.1 Å². The molecule has 2 heterocycles. The summed E-state index contributed by atoms with van der Waals surface area (Å²) in [4.78, 5) is 4.58. The Morgan fingerprint density at radius 1 is 1.33 bits per heavy atom. The fraction of sp³-hybridized carbons (Fsp3) is 0.467. The first-order valence-electron chi connectivity index (χ1n) is 7.06. The Hall–Kier alpha value is -1.14. The van der Waals surface area contributed by atoms with E-state index in [0.29, 0.717) is 16.4 Å². The SMILES string of the molecule is CCC1SCCSC1c1noc(-c2ccc(O)c(C)c2)n1. The Labute approximate surface area is 132 Å². The highest BCUT2D eigenvalue weighted by Gasteiger charge is 2.30. The number of phenols is 1. The number of aromatic hydroxyl groups is 1. The van der Waals surface area contributed by atoms with Crippen molar-refractivity contribution in [2.24, 2.45) is 0 Å². The van der Waals surface area contributed by atoms with E-state index in [4.69, 9.17) is 4.52 Å². The van der Waals surface area contributed by atoms with E-state index in [1.807, 2.05) is 36.5 Å². The van der Waals surface area contributed by atoms with Crippen LogP contribution in [0.1, 0.15) is 30.0 Å². The van der Waals surface area contributed by atoms with Gasteiger partial charge in [-0.05, 0) is 37.1 Å². The highest BCUT2D eigenvalue weighted by molar-refractivity contribution is 8.06. The summed E-state index contributed by atoms with van der Waals surface area (Å²) in [6, 6.07) is 5.33. The van der Waals surface area contributed by atoms with Gasteiger partial charge in [-0.25, -0.2) is 0 Å². The van der Waals surface area contributed by atoms with Crippen LogP contribution in [0.2, 0.25) is 0 Å². The quantitative estimate of drug-likeness (QED) is 0.920. The number of aryl methyl sites for hydroxylation is 1. The molecule has 1 aromatic heterocycles. The van der Waals surface area contributed by atoms with Gasteiger partial charge < -0.3 is 9.63 Å². The maximum atomic E-state index is 9.59. The third-order valence-electron chi connectivity index (χ3n) is 3.59. The Morgan fingerprint density at radius 2 is 2.14 bits per heavy atom. The summed E-state index contributed by atoms with van der Waals surface area (Å²) in [5.74, 6) is 3.93. The van der Waals surface area contributed by atoms with Crippen LogP contribution in [-0.4, -0.2) is 32.0 Å². The molecule has 0 spiro atoms. The number of rotatable bonds is 3. The van der Waals surface area contributed by atoms with Crippen molar-refractivity contribution in [2.45, 2.75) is 30.8 Å². The molecule has 0 bridgehead atoms. The largest absolute Gasteiger partial charge is 0.508 e. The van der Waals surface area contributed by atoms with E-state index >= 15 is 0 Å². The molecule has 1 aromatic carbocycles. The van der Waals surface area contributed by atoms with Crippen LogP contribution in [-0.2, 0) is 0 Å². The summed E-state index contributed by atoms with van der Waals surface area (Å²) in [5, 5.41) is 14.6. The van der Waals surface area contributed by atoms with Crippen LogP contribution in [0.3, 0.4) is 0 Å². The zero-order valence-corrected chi connectivity index (χ0v) is 13.7. The predicted octanol–water partition coefficient (Wildman–Crippen LogP) is 4.05. The molecule has 1 aliphatic heterocycles. The van der Waals surface area contributed by atoms with Crippen molar-refractivity contribution in [3.05, 3.63) is 29.6 Å². The van der Waals surface area contributed by atoms with Crippen molar-refractivity contribution in [1.29, 1.82) is 0 Å². The Kier molecular flexibility index (Phi) is 4.45. The molecule has 0 radical (unpaired) electrons. The third kappa shape index (κ3) is 3.06. The minimum absolute atomic E-state index is 0.281. The summed E-state index contributed by atoms with van der Waals surface area (Å²) in [6.45, 7) is 4.07. The van der Waals surface area contributed by atoms with Gasteiger partial charge in [0.25, 0.3) is 5.89 Å². The van der Waals surface area contributed by atoms with E-state index in [9.17, 15) is 5.11 Å². The van der Waals surface area contributed by atoms with Crippen molar-refractivity contribution in [2.75, 3.05) is 11.5 Å². The number of hydrogen-bond donors (Lipinski definition) is 1. The Balaban J connectivity index is 1.86. The average Bonchev–Trinajstić information content (AvgIpc) is 2.99. The molecule has 1 N–H and O–H groups in total. The standard InChI is InChI=1S/C15H18N2O2S2/c1-3-12-13(21-7-6-20-12)14-16-15(19-17-14)10-4-5-11(18)9(2)8-10/h4-5,8,12-13,18H,3,6-7H2,1-2H3. The number of benzene rings is 1. The number of hydrogen-bond acceptors (Lipinski definition) is 6. The number of aromatic nitrogens is 2. The van der Waals surface area contributed by atoms with E-state index in [1.54, 1.807) is 12.1 Å². The topological polar surface area (TPSA) is 59.2 Å². The highest BCUT2D eigenvalue weighted by atomic mass is 32.2. The zero-order chi connectivity index (χ0) is 14.8. The highest BCUT2D eigenvalue weighted by Crippen LogP contribution is 2.43. The first-order valence-corrected chi connectivity index (χ1v) is 9.15. The predicted molar refractivity (Wildman–Crippen MR) is 87.9 cm³/mol. The summed E-state index contributed by atoms with van der Waals surface area (Å²) in [5.41, 5.74) is 1.66. The molecule has 0 saturated carbocycles. The lowest BCUT2D eigenvalue weighted by Crippen LogP contribution is -2.19. The summed E-state index contributed by atoms with van der Waals surface area (Å²) in [7, 11) is 0. The molecule has 21 heavy (non-hydrogen) atoms. The zero-order valence-electron chi connectivity index (χ0n) is 12.1. The van der Waals surface area contributed by atoms with Gasteiger partial charge in [-0.15, -0.1) is 11.8 Å². The monoisotopic (exact) mass is 322 g/mol. The van der Waals surface area contributed by atoms with Crippen molar-refractivity contribution >= 4 is 23.5 Å². The lowest BCUT2D eigenvalue weighted by molar-refractivity contribution is 0.421. The van der Waals surface area contributed by atoms with Gasteiger partial charge in [0.15, 0.2) is 5.82 Å². The van der Waals surface area contributed by atoms with E-state index < -0.39 is 0 Å². The molecular weight excluding hydrogens is 304 g/mol. The molecule has 2 atom stereocenters. The van der Waals surface area contributed by atoms with Crippen molar-refractivity contribution in [3.63, 3.8) is 0 Å². The van der Waals surface area contributed by atoms with Gasteiger partial charge in [0.05, 0.1) is 5.25 Å². The molecular formula is C15H18N2O2S2. The molecule has 4 nitrogen and oxygen atoms in total. The number of thioether (sulfide) groups is 2. The molecule has 1 aliphatic rings. The minimum atomic E-state index is 0.281. The fourth-order valence-corrected chi connectivity index (χ4v) is 5.38. The molecule has 1 fully saturated rings. The van der Waals surface area contributed by atoms with Gasteiger partial charge in [0.2, 0.25) is 0 Å². The van der Waals surface area contributed by atoms with E-state index in [1.165, 1.54) is 5.75 Å². The van der Waals surface area contributed by atoms with Gasteiger partial charge in [0.1, 0.15) is 5.75 Å². The molecule has 2 unspecified atom stereocenters. The van der Waals surface area contributed by atoms with Gasteiger partial charge in [-0.3, -0.25) is 0 Å². The van der Waals surface area contributed by atoms with Crippen LogP contribution in [0.15, 0.2) is 22.7 Å². The van der Waals surface area contributed by atoms with Gasteiger partial charge >= 0.3 is 0 Å². The maximum absolute atomic E-state index is 9.59. The van der Waals surface area contributed by atoms with Crippen LogP contribution in [0.5, 0.6) is 5.75 Å². The second-order valence-electron chi connectivity index (χ2n) is 5.07. The van der Waals surface area contributed by atoms with Gasteiger partial charge in [-0.2, -0.15) is 16.7 Å². The molecule has 3 rings (SSSR count). The molecule has 0 amide bonds. The van der Waals surface area contributed by atoms with Gasteiger partial charge in [0, 0.05) is 22.3 Å². The van der Waals surface area contributed by atoms with Crippen LogP contribution in [0, 0.1) is 6.92 Å². The molecule has 2 aromatic rings. The first-order chi connectivity index (χ1) is 10.2. The van der Waals surface area contributed by atoms with Crippen LogP contribution < -0.4 is 0 Å². The average molecular weight is 322 g/mol. The second-order valence-corrected chi connectivity index (χ2v) is 7.66. The number of nitrogens with zero attached hydrogens (tertiary/aromatic N) is 2. The van der Waals surface area contributed by atoms with Crippen LogP contribution in [0.4, 0.5) is 0 Å². The first kappa shape index (κ1) is 14.8. The van der Waals surface area contributed by atoms with Crippen LogP contribution in [0.25, 0.3) is 11.5 Å². The maximum Gasteiger partial charge on any atom is 0.257 e. The minimum Gasteiger partial charge on any atom is -0.508 e. The smallest absolute Gasteiger partial charge is 0.257 e. The van der Waals surface area contributed by atoms with E-state index in [-0.39, 0.29) is 5.75 Å².